The van der Waals surface area contributed by atoms with Crippen LogP contribution in [0.15, 0.2) is 23.8 Å². The molecule has 4 rings (SSSR count). The van der Waals surface area contributed by atoms with E-state index in [9.17, 15) is 39.9 Å². The van der Waals surface area contributed by atoms with Gasteiger partial charge in [-0.25, -0.2) is 4.57 Å². The van der Waals surface area contributed by atoms with Crippen molar-refractivity contribution < 1.29 is 102 Å². The Morgan fingerprint density at radius 1 is 0.855 bits per heavy atom. The van der Waals surface area contributed by atoms with Gasteiger partial charge >= 0.3 is 13.8 Å². The fourth-order valence-corrected chi connectivity index (χ4v) is 9.51. The van der Waals surface area contributed by atoms with Gasteiger partial charge in [-0.05, 0) is 73.5 Å². The van der Waals surface area contributed by atoms with E-state index in [4.69, 9.17) is 61.9 Å². The number of rotatable bonds is 13. The van der Waals surface area contributed by atoms with Crippen LogP contribution in [0.25, 0.3) is 0 Å². The van der Waals surface area contributed by atoms with E-state index in [-0.39, 0.29) is 31.7 Å². The lowest BCUT2D eigenvalue weighted by Crippen LogP contribution is -2.65. The van der Waals surface area contributed by atoms with Gasteiger partial charge in [-0.2, -0.15) is 0 Å². The molecule has 0 aromatic heterocycles. The van der Waals surface area contributed by atoms with Crippen molar-refractivity contribution >= 4 is 25.9 Å². The minimum absolute atomic E-state index is 0.00788. The first-order valence-electron chi connectivity index (χ1n) is 23.5. The summed E-state index contributed by atoms with van der Waals surface area (Å²) < 4.78 is 63.6. The van der Waals surface area contributed by atoms with Crippen LogP contribution < -0.4 is 0 Å². The number of aliphatic hydroxyl groups is 5. The maximum atomic E-state index is 13.8. The molecule has 400 valence electrons. The lowest BCUT2D eigenvalue weighted by atomic mass is 9.79. The van der Waals surface area contributed by atoms with E-state index in [0.717, 1.165) is 6.29 Å². The fraction of sp³-hybridized carbons (Fsp3) is 0.848. The van der Waals surface area contributed by atoms with E-state index >= 15 is 0 Å². The third kappa shape index (κ3) is 17.5. The summed E-state index contributed by atoms with van der Waals surface area (Å²) in [5, 5.41) is 55.8. The summed E-state index contributed by atoms with van der Waals surface area (Å²) in [4.78, 5) is 63.1. The summed E-state index contributed by atoms with van der Waals surface area (Å²) >= 11 is 0. The number of nitrogens with zero attached hydrogens (tertiary/aromatic N) is 1. The molecule has 4 aliphatic rings. The van der Waals surface area contributed by atoms with Crippen molar-refractivity contribution in [1.82, 2.24) is 4.90 Å². The highest BCUT2D eigenvalue weighted by Crippen LogP contribution is 2.38. The van der Waals surface area contributed by atoms with Crippen LogP contribution in [0.4, 0.5) is 0 Å². The van der Waals surface area contributed by atoms with Gasteiger partial charge in [0.15, 0.2) is 24.7 Å². The standard InChI is InChI=1S/C46H77NO17.H3O4P/c1-13-33-30(22-58-45-42(57-12)41(56-11)37(52)26(5)60-45)18-23(2)14-15-31(49)24(3)19-29(16-17-48)39(25(4)32(50)20-34(51)62-33)64-44-38(53)36(47(9)10)40(27(6)61-44)63-35-21-46(8,55)43(54)28(7)59-35;1-5(2,3)4/h14-15,17-18,24-30,32-33,35-45,50,52-55H,13,16,19-22H2,1-12H3;(H3,1,2,3,4)/b15-14+,23-18-;/t24-,25+,26-,27-,28+,29+,30-,32-,33?,35+,36-,37-,38-,39?,40-,41-,42-,43+,44+,45-,46-;/m1./s1. The molecular formula is C46H80NO21P. The van der Waals surface area contributed by atoms with Crippen molar-refractivity contribution in [3.05, 3.63) is 23.8 Å². The van der Waals surface area contributed by atoms with E-state index in [2.05, 4.69) is 0 Å². The molecule has 3 saturated heterocycles. The molecule has 2 unspecified atom stereocenters. The minimum Gasteiger partial charge on any atom is -0.462 e. The number of ketones is 1. The van der Waals surface area contributed by atoms with Crippen molar-refractivity contribution in [2.24, 2.45) is 23.7 Å². The molecule has 22 nitrogen and oxygen atoms in total. The van der Waals surface area contributed by atoms with E-state index < -0.39 is 148 Å². The molecule has 0 aromatic carbocycles. The average molecular weight is 1010 g/mol. The Balaban J connectivity index is 0.00000239. The number of cyclic esters (lactones) is 1. The summed E-state index contributed by atoms with van der Waals surface area (Å²) in [6.07, 6.45) is -8.49. The monoisotopic (exact) mass is 1010 g/mol. The van der Waals surface area contributed by atoms with E-state index in [0.29, 0.717) is 12.0 Å². The van der Waals surface area contributed by atoms with Crippen molar-refractivity contribution in [1.29, 1.82) is 0 Å². The molecule has 0 amide bonds. The second kappa shape index (κ2) is 27.2. The number of aldehydes is 1. The Kier molecular flexibility index (Phi) is 24.1. The van der Waals surface area contributed by atoms with Crippen LogP contribution in [0.5, 0.6) is 0 Å². The van der Waals surface area contributed by atoms with Crippen LogP contribution in [0, 0.1) is 23.7 Å². The van der Waals surface area contributed by atoms with Gasteiger partial charge in [0.1, 0.15) is 49.0 Å². The first-order valence-corrected chi connectivity index (χ1v) is 25.0. The van der Waals surface area contributed by atoms with Crippen LogP contribution in [0.1, 0.15) is 87.5 Å². The van der Waals surface area contributed by atoms with Gasteiger partial charge in [0.2, 0.25) is 0 Å². The zero-order valence-corrected chi connectivity index (χ0v) is 42.8. The maximum Gasteiger partial charge on any atom is 0.466 e. The number of aliphatic hydroxyl groups excluding tert-OH is 4. The van der Waals surface area contributed by atoms with Gasteiger partial charge in [-0.1, -0.05) is 38.5 Å². The predicted molar refractivity (Wildman–Crippen MR) is 245 cm³/mol. The summed E-state index contributed by atoms with van der Waals surface area (Å²) in [6.45, 7) is 13.6. The van der Waals surface area contributed by atoms with Crippen molar-refractivity contribution in [3.8, 4) is 0 Å². The summed E-state index contributed by atoms with van der Waals surface area (Å²) in [5.74, 6) is -3.59. The van der Waals surface area contributed by atoms with Crippen LogP contribution in [0.2, 0.25) is 0 Å². The number of carbonyl (C=O) groups is 3. The zero-order chi connectivity index (χ0) is 52.3. The van der Waals surface area contributed by atoms with Crippen LogP contribution in [0.3, 0.4) is 0 Å². The number of ether oxygens (including phenoxy) is 9. The Hall–Kier alpha value is -2.16. The smallest absolute Gasteiger partial charge is 0.462 e. The van der Waals surface area contributed by atoms with Gasteiger partial charge in [0.25, 0.3) is 0 Å². The fourth-order valence-electron chi connectivity index (χ4n) is 9.51. The molecule has 0 aliphatic carbocycles. The van der Waals surface area contributed by atoms with Crippen LogP contribution >= 0.6 is 7.82 Å². The first kappa shape index (κ1) is 61.1. The highest BCUT2D eigenvalue weighted by atomic mass is 31.2. The normalized spacial score (nSPS) is 43.5. The summed E-state index contributed by atoms with van der Waals surface area (Å²) in [6, 6.07) is -0.748. The van der Waals surface area contributed by atoms with E-state index in [1.807, 2.05) is 19.9 Å². The van der Waals surface area contributed by atoms with Gasteiger partial charge in [0.05, 0.1) is 55.2 Å². The molecule has 21 atom stereocenters. The molecule has 23 heteroatoms. The van der Waals surface area contributed by atoms with Crippen molar-refractivity contribution in [2.75, 3.05) is 34.9 Å². The molecule has 0 bridgehead atoms. The molecular weight excluding hydrogens is 933 g/mol. The quantitative estimate of drug-likeness (QED) is 0.0722. The van der Waals surface area contributed by atoms with E-state index in [1.165, 1.54) is 27.2 Å². The maximum absolute atomic E-state index is 13.8. The zero-order valence-electron chi connectivity index (χ0n) is 41.9. The van der Waals surface area contributed by atoms with Crippen molar-refractivity contribution in [3.63, 3.8) is 0 Å². The number of allylic oxidation sites excluding steroid dienone is 3. The molecule has 0 aromatic rings. The van der Waals surface area contributed by atoms with Gasteiger partial charge in [-0.15, -0.1) is 0 Å². The predicted octanol–water partition coefficient (Wildman–Crippen LogP) is 0.905. The summed E-state index contributed by atoms with van der Waals surface area (Å²) in [5.41, 5.74) is -0.806. The SMILES string of the molecule is CCC1OC(=O)C[C@@H](O)[C@H](C)C(O[C@@H]2O[C@H](C)[C@@H](O[C@H]3C[C@@](C)(O)[C@@H](O)[C@H](C)O3)[C@H](N(C)C)[C@H]2O)[C@@H](CC=O)C[C@@H](C)C(=O)/C=C/C(C)=C\[C@@H]1CO[C@@H]1O[C@H](C)[C@@H](O)[C@@H](OC)[C@H]1OC.O=P(O)(O)O. The molecule has 0 saturated carbocycles. The number of likely N-dealkylation sites (N-methyl/N-ethyl adjacent to an activating group) is 1. The second-order valence-corrected chi connectivity index (χ2v) is 20.3. The highest BCUT2D eigenvalue weighted by molar-refractivity contribution is 7.45. The van der Waals surface area contributed by atoms with Gasteiger partial charge in [-0.3, -0.25) is 9.59 Å². The first-order chi connectivity index (χ1) is 32.1. The topological polar surface area (TPSA) is 316 Å². The third-order valence-corrected chi connectivity index (χ3v) is 13.4. The number of esters is 1. The number of methoxy groups -OCH3 is 2. The average Bonchev–Trinajstić information content (AvgIpc) is 3.25. The number of phosphoric acid groups is 1. The van der Waals surface area contributed by atoms with Crippen LogP contribution in [-0.4, -0.2) is 202 Å². The van der Waals surface area contributed by atoms with Gasteiger partial charge in [0, 0.05) is 44.8 Å². The summed E-state index contributed by atoms with van der Waals surface area (Å²) in [7, 11) is 1.79. The van der Waals surface area contributed by atoms with Gasteiger partial charge < -0.3 is 92.5 Å². The number of hydrogen-bond donors (Lipinski definition) is 8. The second-order valence-electron chi connectivity index (χ2n) is 19.3. The lowest BCUT2D eigenvalue weighted by molar-refractivity contribution is -0.341. The van der Waals surface area contributed by atoms with Crippen molar-refractivity contribution in [2.45, 2.75) is 191 Å². The molecule has 0 radical (unpaired) electrons. The number of carbonyl (C=O) groups excluding carboxylic acids is 3. The molecule has 69 heavy (non-hydrogen) atoms. The van der Waals surface area contributed by atoms with E-state index in [1.54, 1.807) is 59.7 Å². The Morgan fingerprint density at radius 3 is 2.01 bits per heavy atom. The largest absolute Gasteiger partial charge is 0.466 e. The molecule has 8 N–H and O–H groups in total. The third-order valence-electron chi connectivity index (χ3n) is 13.4. The Labute approximate surface area is 405 Å². The Bertz CT molecular complexity index is 1720. The highest BCUT2D eigenvalue weighted by Gasteiger charge is 2.52. The Morgan fingerprint density at radius 2 is 1.46 bits per heavy atom. The molecule has 0 spiro atoms. The van der Waals surface area contributed by atoms with Crippen LogP contribution in [-0.2, 0) is 61.6 Å². The molecule has 4 heterocycles. The minimum atomic E-state index is -4.64. The lowest BCUT2D eigenvalue weighted by Gasteiger charge is -2.50. The molecule has 4 aliphatic heterocycles. The molecule has 3 fully saturated rings. The number of hydrogen-bond acceptors (Lipinski definition) is 19.